The molecule has 0 heterocycles. The summed E-state index contributed by atoms with van der Waals surface area (Å²) in [5, 5.41) is 16.1. The van der Waals surface area contributed by atoms with E-state index in [9.17, 15) is 0 Å². The molecule has 0 saturated heterocycles. The molecule has 0 aliphatic heterocycles. The van der Waals surface area contributed by atoms with Crippen LogP contribution in [0.4, 0.5) is 0 Å². The summed E-state index contributed by atoms with van der Waals surface area (Å²) in [6.45, 7) is 6.89. The van der Waals surface area contributed by atoms with Crippen LogP contribution in [0.15, 0.2) is 0 Å². The molecule has 2 nitrogen and oxygen atoms in total. The quantitative estimate of drug-likeness (QED) is 0.548. The molecule has 2 N–H and O–H groups in total. The molecule has 54 valence electrons. The Bertz CT molecular complexity index is 26.5. The number of aliphatic hydroxyl groups excluding tert-OH is 2. The Morgan fingerprint density at radius 2 is 0.778 bits per heavy atom. The second-order valence-corrected chi connectivity index (χ2v) is 2.19. The van der Waals surface area contributed by atoms with Crippen molar-refractivity contribution in [2.24, 2.45) is 0 Å². The molecule has 0 amide bonds. The number of aliphatic hydroxyl groups is 2. The van der Waals surface area contributed by atoms with E-state index >= 15 is 0 Å². The fraction of sp³-hybridized carbons (Fsp3) is 1.00. The van der Waals surface area contributed by atoms with Crippen LogP contribution in [0.5, 0.6) is 0 Å². The Kier molecular flexibility index (Phi) is 20.5. The Morgan fingerprint density at radius 1 is 0.778 bits per heavy atom. The van der Waals surface area contributed by atoms with Crippen LogP contribution < -0.4 is 0 Å². The van der Waals surface area contributed by atoms with Gasteiger partial charge < -0.3 is 10.2 Å². The van der Waals surface area contributed by atoms with Crippen LogP contribution in [0.25, 0.3) is 0 Å². The molecule has 0 bridgehead atoms. The SMILES string of the molecule is CC(C)O.CC(C)O.[Zn]. The van der Waals surface area contributed by atoms with Crippen molar-refractivity contribution in [3.63, 3.8) is 0 Å². The van der Waals surface area contributed by atoms with Gasteiger partial charge in [0.15, 0.2) is 0 Å². The van der Waals surface area contributed by atoms with Crippen molar-refractivity contribution in [3.05, 3.63) is 0 Å². The molecular formula is C6H16O2Zn. The summed E-state index contributed by atoms with van der Waals surface area (Å²) in [5.74, 6) is 0. The zero-order valence-electron chi connectivity index (χ0n) is 6.76. The van der Waals surface area contributed by atoms with Crippen LogP contribution in [0.2, 0.25) is 0 Å². The standard InChI is InChI=1S/2C3H8O.Zn/c2*1-3(2)4;/h2*3-4H,1-2H3;. The Hall–Kier alpha value is 0.543. The number of rotatable bonds is 0. The Labute approximate surface area is 70.0 Å². The molecule has 0 spiro atoms. The summed E-state index contributed by atoms with van der Waals surface area (Å²) >= 11 is 0. The van der Waals surface area contributed by atoms with Crippen LogP contribution in [0, 0.1) is 0 Å². The molecule has 0 unspecified atom stereocenters. The minimum absolute atomic E-state index is 0. The van der Waals surface area contributed by atoms with Gasteiger partial charge in [-0.15, -0.1) is 0 Å². The van der Waals surface area contributed by atoms with E-state index in [4.69, 9.17) is 10.2 Å². The summed E-state index contributed by atoms with van der Waals surface area (Å²) in [5.41, 5.74) is 0. The number of hydrogen-bond acceptors (Lipinski definition) is 2. The zero-order valence-corrected chi connectivity index (χ0v) is 9.72. The van der Waals surface area contributed by atoms with E-state index in [1.807, 2.05) is 0 Å². The third-order valence-electron chi connectivity index (χ3n) is 0. The summed E-state index contributed by atoms with van der Waals surface area (Å²) in [6.07, 6.45) is -0.333. The van der Waals surface area contributed by atoms with Crippen LogP contribution in [0.3, 0.4) is 0 Å². The average Bonchev–Trinajstić information content (AvgIpc) is 1.25. The maximum Gasteiger partial charge on any atom is 0.0483 e. The Balaban J connectivity index is -0.0000000720. The van der Waals surface area contributed by atoms with Gasteiger partial charge in [0.1, 0.15) is 0 Å². The van der Waals surface area contributed by atoms with Crippen molar-refractivity contribution in [2.75, 3.05) is 0 Å². The van der Waals surface area contributed by atoms with Gasteiger partial charge in [0.25, 0.3) is 0 Å². The van der Waals surface area contributed by atoms with Crippen LogP contribution >= 0.6 is 0 Å². The van der Waals surface area contributed by atoms with Crippen molar-refractivity contribution < 1.29 is 29.7 Å². The van der Waals surface area contributed by atoms with E-state index in [2.05, 4.69) is 0 Å². The van der Waals surface area contributed by atoms with Gasteiger partial charge in [-0.05, 0) is 27.7 Å². The average molecular weight is 186 g/mol. The molecular weight excluding hydrogens is 169 g/mol. The smallest absolute Gasteiger partial charge is 0.0483 e. The predicted octanol–water partition coefficient (Wildman–Crippen LogP) is 0.772. The van der Waals surface area contributed by atoms with Gasteiger partial charge >= 0.3 is 0 Å². The van der Waals surface area contributed by atoms with E-state index in [-0.39, 0.29) is 31.7 Å². The van der Waals surface area contributed by atoms with E-state index in [0.29, 0.717) is 0 Å². The monoisotopic (exact) mass is 184 g/mol. The molecule has 0 aromatic carbocycles. The van der Waals surface area contributed by atoms with Gasteiger partial charge in [0, 0.05) is 31.7 Å². The second kappa shape index (κ2) is 11.4. The first-order valence-corrected chi connectivity index (χ1v) is 2.83. The molecule has 0 saturated carbocycles. The zero-order chi connectivity index (χ0) is 7.15. The van der Waals surface area contributed by atoms with E-state index in [0.717, 1.165) is 0 Å². The molecule has 0 radical (unpaired) electrons. The molecule has 0 rings (SSSR count). The van der Waals surface area contributed by atoms with Gasteiger partial charge in [0.2, 0.25) is 0 Å². The fourth-order valence-electron chi connectivity index (χ4n) is 0. The molecule has 9 heavy (non-hydrogen) atoms. The largest absolute Gasteiger partial charge is 0.394 e. The van der Waals surface area contributed by atoms with Crippen molar-refractivity contribution in [3.8, 4) is 0 Å². The van der Waals surface area contributed by atoms with Crippen molar-refractivity contribution >= 4 is 0 Å². The normalized spacial score (nSPS) is 8.00. The maximum atomic E-state index is 8.06. The molecule has 3 heteroatoms. The third kappa shape index (κ3) is 1240. The minimum atomic E-state index is -0.167. The van der Waals surface area contributed by atoms with Gasteiger partial charge in [-0.25, -0.2) is 0 Å². The third-order valence-corrected chi connectivity index (χ3v) is 0. The fourth-order valence-corrected chi connectivity index (χ4v) is 0. The summed E-state index contributed by atoms with van der Waals surface area (Å²) < 4.78 is 0. The first-order chi connectivity index (χ1) is 3.46. The van der Waals surface area contributed by atoms with Crippen molar-refractivity contribution in [2.45, 2.75) is 39.9 Å². The van der Waals surface area contributed by atoms with Gasteiger partial charge in [-0.3, -0.25) is 0 Å². The summed E-state index contributed by atoms with van der Waals surface area (Å²) in [4.78, 5) is 0. The molecule has 0 atom stereocenters. The van der Waals surface area contributed by atoms with E-state index in [1.54, 1.807) is 27.7 Å². The first-order valence-electron chi connectivity index (χ1n) is 2.83. The van der Waals surface area contributed by atoms with Crippen molar-refractivity contribution in [1.82, 2.24) is 0 Å². The molecule has 0 aromatic heterocycles. The number of hydrogen-bond donors (Lipinski definition) is 2. The summed E-state index contributed by atoms with van der Waals surface area (Å²) in [7, 11) is 0. The van der Waals surface area contributed by atoms with E-state index < -0.39 is 0 Å². The predicted molar refractivity (Wildman–Crippen MR) is 34.7 cm³/mol. The molecule has 0 aliphatic carbocycles. The maximum absolute atomic E-state index is 8.06. The van der Waals surface area contributed by atoms with Crippen molar-refractivity contribution in [1.29, 1.82) is 0 Å². The van der Waals surface area contributed by atoms with Crippen LogP contribution in [0.1, 0.15) is 27.7 Å². The summed E-state index contributed by atoms with van der Waals surface area (Å²) in [6, 6.07) is 0. The topological polar surface area (TPSA) is 40.5 Å². The second-order valence-electron chi connectivity index (χ2n) is 2.19. The van der Waals surface area contributed by atoms with Gasteiger partial charge in [-0.1, -0.05) is 0 Å². The minimum Gasteiger partial charge on any atom is -0.394 e. The van der Waals surface area contributed by atoms with Gasteiger partial charge in [-0.2, -0.15) is 0 Å². The molecule has 0 fully saturated rings. The van der Waals surface area contributed by atoms with E-state index in [1.165, 1.54) is 0 Å². The first kappa shape index (κ1) is 16.3. The molecule has 0 aliphatic rings. The Morgan fingerprint density at radius 3 is 0.778 bits per heavy atom. The van der Waals surface area contributed by atoms with Crippen LogP contribution in [-0.4, -0.2) is 22.4 Å². The van der Waals surface area contributed by atoms with Gasteiger partial charge in [0.05, 0.1) is 0 Å². The molecule has 0 aromatic rings. The van der Waals surface area contributed by atoms with Crippen LogP contribution in [-0.2, 0) is 19.5 Å².